The average molecular weight is 495 g/mol. The smallest absolute Gasteiger partial charge is 0.250 e. The third-order valence-electron chi connectivity index (χ3n) is 4.07. The minimum absolute atomic E-state index is 0.139. The van der Waals surface area contributed by atoms with Gasteiger partial charge in [0.1, 0.15) is 16.0 Å². The molecule has 29 heavy (non-hydrogen) atoms. The summed E-state index contributed by atoms with van der Waals surface area (Å²) in [6.45, 7) is 0. The largest absolute Gasteiger partial charge is 0.497 e. The maximum absolute atomic E-state index is 12.9. The fraction of sp³-hybridized carbons (Fsp3) is 0.150. The number of benzene rings is 2. The number of thiophene rings is 1. The number of amides is 1. The minimum atomic E-state index is -3.85. The van der Waals surface area contributed by atoms with E-state index >= 15 is 0 Å². The van der Waals surface area contributed by atoms with Crippen molar-refractivity contribution in [1.82, 2.24) is 4.72 Å². The molecule has 3 aromatic rings. The number of nitrogens with one attached hydrogen (secondary N) is 2. The van der Waals surface area contributed by atoms with Gasteiger partial charge < -0.3 is 10.1 Å². The number of hydrogen-bond acceptors (Lipinski definition) is 5. The van der Waals surface area contributed by atoms with Crippen molar-refractivity contribution in [2.75, 3.05) is 12.4 Å². The summed E-state index contributed by atoms with van der Waals surface area (Å²) in [5.74, 6) is 0.214. The number of halogens is 1. The molecular weight excluding hydrogens is 476 g/mol. The highest BCUT2D eigenvalue weighted by Gasteiger charge is 2.27. The minimum Gasteiger partial charge on any atom is -0.497 e. The quantitative estimate of drug-likeness (QED) is 0.494. The molecule has 0 fully saturated rings. The number of ether oxygens (including phenoxy) is 1. The van der Waals surface area contributed by atoms with Crippen LogP contribution in [0.1, 0.15) is 5.56 Å². The number of rotatable bonds is 8. The van der Waals surface area contributed by atoms with Gasteiger partial charge in [-0.15, -0.1) is 11.3 Å². The first-order valence-corrected chi connectivity index (χ1v) is 11.7. The Morgan fingerprint density at radius 2 is 1.76 bits per heavy atom. The summed E-state index contributed by atoms with van der Waals surface area (Å²) in [6.07, 6.45) is 0.217. The molecule has 2 N–H and O–H groups in total. The predicted molar refractivity (Wildman–Crippen MR) is 118 cm³/mol. The summed E-state index contributed by atoms with van der Waals surface area (Å²) in [7, 11) is -2.29. The van der Waals surface area contributed by atoms with Crippen LogP contribution in [0.15, 0.2) is 74.7 Å². The maximum Gasteiger partial charge on any atom is 0.250 e. The van der Waals surface area contributed by atoms with Crippen molar-refractivity contribution in [3.63, 3.8) is 0 Å². The van der Waals surface area contributed by atoms with Crippen molar-refractivity contribution in [2.24, 2.45) is 0 Å². The van der Waals surface area contributed by atoms with E-state index in [0.29, 0.717) is 15.2 Å². The summed E-state index contributed by atoms with van der Waals surface area (Å²) in [4.78, 5) is 12.9. The SMILES string of the molecule is COc1ccc(NC(=O)C(Cc2ccccc2)NS(=O)(=O)c2ccc(Br)s2)cc1. The lowest BCUT2D eigenvalue weighted by molar-refractivity contribution is -0.117. The van der Waals surface area contributed by atoms with Crippen LogP contribution in [0.25, 0.3) is 0 Å². The lowest BCUT2D eigenvalue weighted by Gasteiger charge is -2.18. The van der Waals surface area contributed by atoms with Crippen molar-refractivity contribution >= 4 is 48.9 Å². The van der Waals surface area contributed by atoms with E-state index in [1.165, 1.54) is 6.07 Å². The first kappa shape index (κ1) is 21.5. The molecule has 1 aromatic heterocycles. The highest BCUT2D eigenvalue weighted by Crippen LogP contribution is 2.26. The lowest BCUT2D eigenvalue weighted by Crippen LogP contribution is -2.45. The Labute approximate surface area is 182 Å². The number of sulfonamides is 1. The Morgan fingerprint density at radius 3 is 2.34 bits per heavy atom. The number of hydrogen-bond donors (Lipinski definition) is 2. The molecule has 2 aromatic carbocycles. The Balaban J connectivity index is 1.82. The third kappa shape index (κ3) is 5.89. The van der Waals surface area contributed by atoms with Gasteiger partial charge in [0.05, 0.1) is 10.9 Å². The molecule has 0 saturated carbocycles. The van der Waals surface area contributed by atoms with Crippen LogP contribution in [0.3, 0.4) is 0 Å². The number of anilines is 1. The van der Waals surface area contributed by atoms with E-state index in [-0.39, 0.29) is 10.6 Å². The Bertz CT molecular complexity index is 1070. The summed E-state index contributed by atoms with van der Waals surface area (Å²) in [5.41, 5.74) is 1.39. The molecule has 0 aliphatic carbocycles. The van der Waals surface area contributed by atoms with Crippen LogP contribution in [0.4, 0.5) is 5.69 Å². The second-order valence-electron chi connectivity index (χ2n) is 6.14. The summed E-state index contributed by atoms with van der Waals surface area (Å²) < 4.78 is 34.0. The van der Waals surface area contributed by atoms with E-state index in [0.717, 1.165) is 16.9 Å². The molecular formula is C20H19BrN2O4S2. The van der Waals surface area contributed by atoms with Crippen molar-refractivity contribution in [1.29, 1.82) is 0 Å². The molecule has 0 saturated heterocycles. The van der Waals surface area contributed by atoms with Crippen molar-refractivity contribution in [3.8, 4) is 5.75 Å². The average Bonchev–Trinajstić information content (AvgIpc) is 3.16. The molecule has 1 amide bonds. The second-order valence-corrected chi connectivity index (χ2v) is 10.5. The number of carbonyl (C=O) groups is 1. The zero-order chi connectivity index (χ0) is 20.9. The first-order valence-electron chi connectivity index (χ1n) is 8.64. The van der Waals surface area contributed by atoms with E-state index in [1.807, 2.05) is 30.3 Å². The molecule has 152 valence electrons. The standard InChI is InChI=1S/C20H19BrN2O4S2/c1-27-16-9-7-15(8-10-16)22-20(24)17(13-14-5-3-2-4-6-14)23-29(25,26)19-12-11-18(21)28-19/h2-12,17,23H,13H2,1H3,(H,22,24). The fourth-order valence-electron chi connectivity index (χ4n) is 2.63. The van der Waals surface area contributed by atoms with E-state index < -0.39 is 22.0 Å². The normalized spacial score (nSPS) is 12.3. The van der Waals surface area contributed by atoms with Gasteiger partial charge in [0.25, 0.3) is 10.0 Å². The van der Waals surface area contributed by atoms with E-state index in [2.05, 4.69) is 26.0 Å². The Morgan fingerprint density at radius 1 is 1.07 bits per heavy atom. The zero-order valence-electron chi connectivity index (χ0n) is 15.5. The van der Waals surface area contributed by atoms with Crippen molar-refractivity contribution in [2.45, 2.75) is 16.7 Å². The van der Waals surface area contributed by atoms with Crippen LogP contribution in [0.5, 0.6) is 5.75 Å². The molecule has 1 unspecified atom stereocenters. The van der Waals surface area contributed by atoms with E-state index in [1.54, 1.807) is 37.4 Å². The molecule has 9 heteroatoms. The molecule has 0 bridgehead atoms. The Kier molecular flexibility index (Phi) is 7.07. The van der Waals surface area contributed by atoms with Crippen LogP contribution < -0.4 is 14.8 Å². The van der Waals surface area contributed by atoms with Gasteiger partial charge in [-0.05, 0) is 64.3 Å². The first-order chi connectivity index (χ1) is 13.9. The van der Waals surface area contributed by atoms with E-state index in [4.69, 9.17) is 4.74 Å². The maximum atomic E-state index is 12.9. The topological polar surface area (TPSA) is 84.5 Å². The predicted octanol–water partition coefficient (Wildman–Crippen LogP) is 4.05. The molecule has 1 heterocycles. The number of methoxy groups -OCH3 is 1. The van der Waals surface area contributed by atoms with Gasteiger partial charge in [0.15, 0.2) is 0 Å². The van der Waals surface area contributed by atoms with Crippen LogP contribution in [0, 0.1) is 0 Å². The van der Waals surface area contributed by atoms with Gasteiger partial charge in [-0.1, -0.05) is 30.3 Å². The third-order valence-corrected chi connectivity index (χ3v) is 7.65. The molecule has 6 nitrogen and oxygen atoms in total. The van der Waals surface area contributed by atoms with Gasteiger partial charge in [0, 0.05) is 5.69 Å². The summed E-state index contributed by atoms with van der Waals surface area (Å²) >= 11 is 4.35. The van der Waals surface area contributed by atoms with Gasteiger partial charge in [-0.3, -0.25) is 4.79 Å². The van der Waals surface area contributed by atoms with Gasteiger partial charge in [-0.25, -0.2) is 8.42 Å². The lowest BCUT2D eigenvalue weighted by atomic mass is 10.1. The summed E-state index contributed by atoms with van der Waals surface area (Å²) in [6, 6.07) is 18.3. The van der Waals surface area contributed by atoms with E-state index in [9.17, 15) is 13.2 Å². The van der Waals surface area contributed by atoms with Gasteiger partial charge in [0.2, 0.25) is 5.91 Å². The number of carbonyl (C=O) groups excluding carboxylic acids is 1. The Hall–Kier alpha value is -2.20. The molecule has 0 aliphatic heterocycles. The molecule has 3 rings (SSSR count). The van der Waals surface area contributed by atoms with Crippen LogP contribution in [-0.2, 0) is 21.2 Å². The molecule has 0 spiro atoms. The van der Waals surface area contributed by atoms with Crippen LogP contribution in [0.2, 0.25) is 0 Å². The molecule has 0 aliphatic rings. The summed E-state index contributed by atoms with van der Waals surface area (Å²) in [5, 5.41) is 2.77. The zero-order valence-corrected chi connectivity index (χ0v) is 18.7. The fourth-order valence-corrected chi connectivity index (χ4v) is 5.85. The second kappa shape index (κ2) is 9.53. The highest BCUT2D eigenvalue weighted by molar-refractivity contribution is 9.11. The molecule has 1 atom stereocenters. The van der Waals surface area contributed by atoms with Gasteiger partial charge in [-0.2, -0.15) is 4.72 Å². The monoisotopic (exact) mass is 494 g/mol. The van der Waals surface area contributed by atoms with Crippen LogP contribution >= 0.6 is 27.3 Å². The van der Waals surface area contributed by atoms with Crippen molar-refractivity contribution < 1.29 is 17.9 Å². The van der Waals surface area contributed by atoms with Gasteiger partial charge >= 0.3 is 0 Å². The van der Waals surface area contributed by atoms with Crippen LogP contribution in [-0.4, -0.2) is 27.5 Å². The van der Waals surface area contributed by atoms with Crippen molar-refractivity contribution in [3.05, 3.63) is 76.1 Å². The molecule has 0 radical (unpaired) electrons. The highest BCUT2D eigenvalue weighted by atomic mass is 79.9.